The number of halogens is 1. The molecule has 4 nitrogen and oxygen atoms in total. The van der Waals surface area contributed by atoms with Crippen molar-refractivity contribution < 1.29 is 0 Å². The van der Waals surface area contributed by atoms with Crippen LogP contribution in [0.15, 0.2) is 30.7 Å². The van der Waals surface area contributed by atoms with E-state index in [1.807, 2.05) is 50.1 Å². The Bertz CT molecular complexity index is 534. The lowest BCUT2D eigenvalue weighted by atomic mass is 10.2. The lowest BCUT2D eigenvalue weighted by Gasteiger charge is -2.18. The van der Waals surface area contributed by atoms with Crippen LogP contribution in [0.5, 0.6) is 0 Å². The molecule has 0 spiro atoms. The maximum Gasteiger partial charge on any atom is 0.0946 e. The number of aromatic nitrogens is 2. The Labute approximate surface area is 112 Å². The summed E-state index contributed by atoms with van der Waals surface area (Å²) in [5.41, 5.74) is 3.26. The van der Waals surface area contributed by atoms with Gasteiger partial charge in [-0.3, -0.25) is 0 Å². The Morgan fingerprint density at radius 2 is 2.17 bits per heavy atom. The highest BCUT2D eigenvalue weighted by molar-refractivity contribution is 6.31. The van der Waals surface area contributed by atoms with Gasteiger partial charge in [0.05, 0.1) is 29.9 Å². The molecule has 2 rings (SSSR count). The summed E-state index contributed by atoms with van der Waals surface area (Å²) in [5.74, 6) is 0. The highest BCUT2D eigenvalue weighted by Gasteiger charge is 2.06. The van der Waals surface area contributed by atoms with E-state index in [1.165, 1.54) is 0 Å². The van der Waals surface area contributed by atoms with Crippen molar-refractivity contribution in [1.82, 2.24) is 9.55 Å². The summed E-state index contributed by atoms with van der Waals surface area (Å²) in [6.07, 6.45) is 3.65. The minimum atomic E-state index is 0.720. The van der Waals surface area contributed by atoms with E-state index in [0.29, 0.717) is 0 Å². The van der Waals surface area contributed by atoms with Gasteiger partial charge in [-0.25, -0.2) is 4.98 Å². The fourth-order valence-corrected chi connectivity index (χ4v) is 1.95. The first-order valence-electron chi connectivity index (χ1n) is 5.74. The SMILES string of the molecule is CN(C)c1ccc(Cl)cc1NCc1cncn1C. The number of anilines is 2. The molecule has 0 radical (unpaired) electrons. The maximum absolute atomic E-state index is 6.04. The number of hydrogen-bond donors (Lipinski definition) is 1. The molecule has 0 bridgehead atoms. The lowest BCUT2D eigenvalue weighted by molar-refractivity contribution is 0.837. The highest BCUT2D eigenvalue weighted by Crippen LogP contribution is 2.28. The normalized spacial score (nSPS) is 10.4. The van der Waals surface area contributed by atoms with Crippen LogP contribution in [0.4, 0.5) is 11.4 Å². The molecule has 0 saturated carbocycles. The van der Waals surface area contributed by atoms with Crippen molar-refractivity contribution in [3.8, 4) is 0 Å². The van der Waals surface area contributed by atoms with E-state index < -0.39 is 0 Å². The largest absolute Gasteiger partial charge is 0.378 e. The molecular formula is C13H17ClN4. The molecule has 18 heavy (non-hydrogen) atoms. The molecule has 1 aromatic carbocycles. The molecule has 0 aliphatic heterocycles. The van der Waals surface area contributed by atoms with Crippen molar-refractivity contribution in [3.05, 3.63) is 41.4 Å². The summed E-state index contributed by atoms with van der Waals surface area (Å²) in [7, 11) is 6.01. The topological polar surface area (TPSA) is 33.1 Å². The number of nitrogens with one attached hydrogen (secondary N) is 1. The van der Waals surface area contributed by atoms with Crippen LogP contribution in [0.1, 0.15) is 5.69 Å². The van der Waals surface area contributed by atoms with Crippen LogP contribution in [0.2, 0.25) is 5.02 Å². The second-order valence-corrected chi connectivity index (χ2v) is 4.84. The summed E-state index contributed by atoms with van der Waals surface area (Å²) in [6.45, 7) is 0.720. The summed E-state index contributed by atoms with van der Waals surface area (Å²) in [6, 6.07) is 5.84. The van der Waals surface area contributed by atoms with Crippen LogP contribution >= 0.6 is 11.6 Å². The van der Waals surface area contributed by atoms with E-state index >= 15 is 0 Å². The standard InChI is InChI=1S/C13H17ClN4/c1-17(2)13-5-4-10(14)6-12(13)16-8-11-7-15-9-18(11)3/h4-7,9,16H,8H2,1-3H3. The predicted octanol–water partition coefficient (Wildman–Crippen LogP) is 2.75. The van der Waals surface area contributed by atoms with Crippen molar-refractivity contribution in [2.75, 3.05) is 24.3 Å². The fraction of sp³-hybridized carbons (Fsp3) is 0.308. The molecule has 1 aromatic heterocycles. The number of benzene rings is 1. The minimum Gasteiger partial charge on any atom is -0.378 e. The third-order valence-corrected chi connectivity index (χ3v) is 3.05. The summed E-state index contributed by atoms with van der Waals surface area (Å²) >= 11 is 6.04. The monoisotopic (exact) mass is 264 g/mol. The molecule has 0 saturated heterocycles. The fourth-order valence-electron chi connectivity index (χ4n) is 1.78. The molecule has 1 heterocycles. The van der Waals surface area contributed by atoms with E-state index in [9.17, 15) is 0 Å². The van der Waals surface area contributed by atoms with Crippen LogP contribution in [0.3, 0.4) is 0 Å². The van der Waals surface area contributed by atoms with Gasteiger partial charge in [-0.1, -0.05) is 11.6 Å². The summed E-state index contributed by atoms with van der Waals surface area (Å²) < 4.78 is 1.99. The zero-order valence-corrected chi connectivity index (χ0v) is 11.6. The van der Waals surface area contributed by atoms with Crippen molar-refractivity contribution in [2.45, 2.75) is 6.54 Å². The van der Waals surface area contributed by atoms with Gasteiger partial charge in [-0.2, -0.15) is 0 Å². The van der Waals surface area contributed by atoms with Gasteiger partial charge in [-0.05, 0) is 18.2 Å². The number of aryl methyl sites for hydroxylation is 1. The third kappa shape index (κ3) is 2.76. The van der Waals surface area contributed by atoms with Gasteiger partial charge in [-0.15, -0.1) is 0 Å². The van der Waals surface area contributed by atoms with Crippen LogP contribution < -0.4 is 10.2 Å². The zero-order chi connectivity index (χ0) is 13.1. The molecule has 0 unspecified atom stereocenters. The van der Waals surface area contributed by atoms with Gasteiger partial charge in [0, 0.05) is 32.4 Å². The summed E-state index contributed by atoms with van der Waals surface area (Å²) in [4.78, 5) is 6.15. The Morgan fingerprint density at radius 1 is 1.39 bits per heavy atom. The quantitative estimate of drug-likeness (QED) is 0.922. The van der Waals surface area contributed by atoms with Gasteiger partial charge in [0.15, 0.2) is 0 Å². The van der Waals surface area contributed by atoms with E-state index in [0.717, 1.165) is 28.6 Å². The molecule has 0 aliphatic carbocycles. The Balaban J connectivity index is 2.18. The molecule has 2 aromatic rings. The highest BCUT2D eigenvalue weighted by atomic mass is 35.5. The molecule has 1 N–H and O–H groups in total. The van der Waals surface area contributed by atoms with Crippen molar-refractivity contribution in [3.63, 3.8) is 0 Å². The van der Waals surface area contributed by atoms with Gasteiger partial charge < -0.3 is 14.8 Å². The summed E-state index contributed by atoms with van der Waals surface area (Å²) in [5, 5.41) is 4.12. The van der Waals surface area contributed by atoms with Gasteiger partial charge in [0.2, 0.25) is 0 Å². The molecule has 0 atom stereocenters. The lowest BCUT2D eigenvalue weighted by Crippen LogP contribution is -2.12. The average molecular weight is 265 g/mol. The zero-order valence-electron chi connectivity index (χ0n) is 10.8. The Hall–Kier alpha value is -1.68. The van der Waals surface area contributed by atoms with Crippen LogP contribution in [-0.4, -0.2) is 23.6 Å². The third-order valence-electron chi connectivity index (χ3n) is 2.82. The average Bonchev–Trinajstić information content (AvgIpc) is 2.72. The van der Waals surface area contributed by atoms with Gasteiger partial charge in [0.25, 0.3) is 0 Å². The smallest absolute Gasteiger partial charge is 0.0946 e. The molecule has 96 valence electrons. The number of rotatable bonds is 4. The molecule has 0 aliphatic rings. The second kappa shape index (κ2) is 5.31. The first-order valence-corrected chi connectivity index (χ1v) is 6.11. The van der Waals surface area contributed by atoms with E-state index in [1.54, 1.807) is 6.33 Å². The maximum atomic E-state index is 6.04. The Morgan fingerprint density at radius 3 is 2.78 bits per heavy atom. The number of nitrogens with zero attached hydrogens (tertiary/aromatic N) is 3. The minimum absolute atomic E-state index is 0.720. The first kappa shape index (κ1) is 12.8. The van der Waals surface area contributed by atoms with E-state index in [-0.39, 0.29) is 0 Å². The van der Waals surface area contributed by atoms with Gasteiger partial charge >= 0.3 is 0 Å². The van der Waals surface area contributed by atoms with Crippen molar-refractivity contribution >= 4 is 23.0 Å². The molecular weight excluding hydrogens is 248 g/mol. The van der Waals surface area contributed by atoms with Crippen molar-refractivity contribution in [2.24, 2.45) is 7.05 Å². The first-order chi connectivity index (χ1) is 8.58. The van der Waals surface area contributed by atoms with Crippen LogP contribution in [0.25, 0.3) is 0 Å². The predicted molar refractivity (Wildman–Crippen MR) is 76.3 cm³/mol. The molecule has 5 heteroatoms. The number of hydrogen-bond acceptors (Lipinski definition) is 3. The van der Waals surface area contributed by atoms with Crippen molar-refractivity contribution in [1.29, 1.82) is 0 Å². The van der Waals surface area contributed by atoms with E-state index in [4.69, 9.17) is 11.6 Å². The van der Waals surface area contributed by atoms with Crippen LogP contribution in [0, 0.1) is 0 Å². The van der Waals surface area contributed by atoms with Gasteiger partial charge in [0.1, 0.15) is 0 Å². The molecule has 0 amide bonds. The molecule has 0 fully saturated rings. The van der Waals surface area contributed by atoms with E-state index in [2.05, 4.69) is 15.2 Å². The Kier molecular flexibility index (Phi) is 3.77. The second-order valence-electron chi connectivity index (χ2n) is 4.41. The van der Waals surface area contributed by atoms with Crippen LogP contribution in [-0.2, 0) is 13.6 Å². The number of imidazole rings is 1.